The van der Waals surface area contributed by atoms with Crippen LogP contribution < -0.4 is 5.32 Å². The molecule has 1 N–H and O–H groups in total. The van der Waals surface area contributed by atoms with Gasteiger partial charge in [-0.2, -0.15) is 5.26 Å². The molecule has 0 spiro atoms. The molecule has 1 aliphatic heterocycles. The zero-order valence-corrected chi connectivity index (χ0v) is 16.2. The number of carbonyl (C=O) groups is 1. The highest BCUT2D eigenvalue weighted by Crippen LogP contribution is 2.32. The van der Waals surface area contributed by atoms with Crippen molar-refractivity contribution in [3.8, 4) is 17.4 Å². The molecule has 1 aromatic carbocycles. The van der Waals surface area contributed by atoms with Gasteiger partial charge >= 0.3 is 0 Å². The number of nitrogens with zero attached hydrogens (tertiary/aromatic N) is 1. The van der Waals surface area contributed by atoms with Gasteiger partial charge < -0.3 is 9.73 Å². The Kier molecular flexibility index (Phi) is 5.61. The molecule has 2 heterocycles. The Balaban J connectivity index is 1.78. The van der Waals surface area contributed by atoms with Gasteiger partial charge in [0, 0.05) is 22.7 Å². The smallest absolute Gasteiger partial charge is 0.262 e. The van der Waals surface area contributed by atoms with Crippen molar-refractivity contribution in [3.05, 3.63) is 51.7 Å². The van der Waals surface area contributed by atoms with Gasteiger partial charge in [0.2, 0.25) is 0 Å². The van der Waals surface area contributed by atoms with Crippen LogP contribution in [0.25, 0.3) is 17.4 Å². The van der Waals surface area contributed by atoms with Gasteiger partial charge in [-0.1, -0.05) is 23.2 Å². The van der Waals surface area contributed by atoms with E-state index >= 15 is 0 Å². The van der Waals surface area contributed by atoms with Crippen LogP contribution in [0.1, 0.15) is 12.2 Å². The summed E-state index contributed by atoms with van der Waals surface area (Å²) in [5, 5.41) is 12.8. The standard InChI is InChI=1S/C18H14Cl2N2O4S/c19-12-1-3-16(20)15(8-12)17-4-2-14(26-17)7-11(9-21)18(23)22-13-5-6-27(24,25)10-13/h1-4,7-8,13H,5-6,10H2,(H,22,23). The van der Waals surface area contributed by atoms with E-state index in [0.29, 0.717) is 27.8 Å². The van der Waals surface area contributed by atoms with Gasteiger partial charge in [0.15, 0.2) is 9.84 Å². The first kappa shape index (κ1) is 19.5. The van der Waals surface area contributed by atoms with Gasteiger partial charge in [-0.3, -0.25) is 4.79 Å². The Morgan fingerprint density at radius 2 is 2.07 bits per heavy atom. The zero-order chi connectivity index (χ0) is 19.6. The van der Waals surface area contributed by atoms with E-state index in [9.17, 15) is 18.5 Å². The number of halogens is 2. The molecule has 1 atom stereocenters. The summed E-state index contributed by atoms with van der Waals surface area (Å²) in [7, 11) is -3.13. The minimum Gasteiger partial charge on any atom is -0.457 e. The summed E-state index contributed by atoms with van der Waals surface area (Å²) in [4.78, 5) is 12.2. The van der Waals surface area contributed by atoms with Crippen LogP contribution in [0.2, 0.25) is 10.0 Å². The second-order valence-electron chi connectivity index (χ2n) is 6.07. The van der Waals surface area contributed by atoms with Crippen molar-refractivity contribution in [3.63, 3.8) is 0 Å². The van der Waals surface area contributed by atoms with Gasteiger partial charge in [0.05, 0.1) is 16.5 Å². The van der Waals surface area contributed by atoms with Crippen LogP contribution in [0.3, 0.4) is 0 Å². The summed E-state index contributed by atoms with van der Waals surface area (Å²) < 4.78 is 28.6. The summed E-state index contributed by atoms with van der Waals surface area (Å²) in [5.74, 6) is -0.000336. The zero-order valence-electron chi connectivity index (χ0n) is 13.9. The maximum Gasteiger partial charge on any atom is 0.262 e. The molecule has 27 heavy (non-hydrogen) atoms. The molecule has 0 bridgehead atoms. The third kappa shape index (κ3) is 4.72. The minimum atomic E-state index is -3.13. The molecular weight excluding hydrogens is 411 g/mol. The van der Waals surface area contributed by atoms with Crippen LogP contribution in [0, 0.1) is 11.3 Å². The largest absolute Gasteiger partial charge is 0.457 e. The van der Waals surface area contributed by atoms with E-state index in [1.54, 1.807) is 36.4 Å². The molecule has 1 fully saturated rings. The van der Waals surface area contributed by atoms with Crippen molar-refractivity contribution in [2.24, 2.45) is 0 Å². The van der Waals surface area contributed by atoms with Crippen LogP contribution in [0.4, 0.5) is 0 Å². The normalized spacial score (nSPS) is 18.9. The third-order valence-corrected chi connectivity index (χ3v) is 6.37. The Morgan fingerprint density at radius 3 is 2.74 bits per heavy atom. The lowest BCUT2D eigenvalue weighted by molar-refractivity contribution is -0.117. The molecule has 1 aromatic heterocycles. The molecule has 1 aliphatic rings. The number of rotatable bonds is 4. The summed E-state index contributed by atoms with van der Waals surface area (Å²) in [6, 6.07) is 9.50. The number of hydrogen-bond donors (Lipinski definition) is 1. The fourth-order valence-corrected chi connectivity index (χ4v) is 4.78. The van der Waals surface area contributed by atoms with Crippen LogP contribution >= 0.6 is 23.2 Å². The predicted molar refractivity (Wildman–Crippen MR) is 103 cm³/mol. The van der Waals surface area contributed by atoms with Gasteiger partial charge in [0.25, 0.3) is 5.91 Å². The molecule has 1 unspecified atom stereocenters. The lowest BCUT2D eigenvalue weighted by Gasteiger charge is -2.09. The number of nitriles is 1. The van der Waals surface area contributed by atoms with Gasteiger partial charge in [0.1, 0.15) is 23.2 Å². The number of carbonyl (C=O) groups excluding carboxylic acids is 1. The first-order valence-electron chi connectivity index (χ1n) is 7.96. The second-order valence-corrected chi connectivity index (χ2v) is 9.14. The monoisotopic (exact) mass is 424 g/mol. The molecule has 1 saturated heterocycles. The van der Waals surface area contributed by atoms with E-state index in [-0.39, 0.29) is 22.8 Å². The molecule has 0 aliphatic carbocycles. The lowest BCUT2D eigenvalue weighted by Crippen LogP contribution is -2.36. The molecule has 6 nitrogen and oxygen atoms in total. The first-order valence-corrected chi connectivity index (χ1v) is 10.5. The highest BCUT2D eigenvalue weighted by molar-refractivity contribution is 7.91. The Morgan fingerprint density at radius 1 is 1.30 bits per heavy atom. The topological polar surface area (TPSA) is 100 Å². The molecule has 0 radical (unpaired) electrons. The Bertz CT molecular complexity index is 1070. The highest BCUT2D eigenvalue weighted by atomic mass is 35.5. The van der Waals surface area contributed by atoms with Crippen molar-refractivity contribution in [2.75, 3.05) is 11.5 Å². The maximum absolute atomic E-state index is 12.2. The third-order valence-electron chi connectivity index (χ3n) is 4.04. The number of amides is 1. The quantitative estimate of drug-likeness (QED) is 0.597. The van der Waals surface area contributed by atoms with Crippen molar-refractivity contribution >= 4 is 45.0 Å². The Hall–Kier alpha value is -2.27. The van der Waals surface area contributed by atoms with Gasteiger partial charge in [-0.15, -0.1) is 0 Å². The average Bonchev–Trinajstić information content (AvgIpc) is 3.20. The number of nitrogens with one attached hydrogen (secondary N) is 1. The van der Waals surface area contributed by atoms with Crippen LogP contribution in [-0.2, 0) is 14.6 Å². The first-order chi connectivity index (χ1) is 12.8. The van der Waals surface area contributed by atoms with E-state index in [1.165, 1.54) is 6.08 Å². The SMILES string of the molecule is N#CC(=Cc1ccc(-c2cc(Cl)ccc2Cl)o1)C(=O)NC1CCS(=O)(=O)C1. The molecule has 1 amide bonds. The van der Waals surface area contributed by atoms with Crippen LogP contribution in [-0.4, -0.2) is 31.9 Å². The van der Waals surface area contributed by atoms with Crippen molar-refractivity contribution in [1.82, 2.24) is 5.32 Å². The van der Waals surface area contributed by atoms with E-state index in [4.69, 9.17) is 27.6 Å². The van der Waals surface area contributed by atoms with Crippen molar-refractivity contribution in [2.45, 2.75) is 12.5 Å². The molecule has 140 valence electrons. The highest BCUT2D eigenvalue weighted by Gasteiger charge is 2.29. The maximum atomic E-state index is 12.2. The summed E-state index contributed by atoms with van der Waals surface area (Å²) in [6.07, 6.45) is 1.63. The summed E-state index contributed by atoms with van der Waals surface area (Å²) in [6.45, 7) is 0. The summed E-state index contributed by atoms with van der Waals surface area (Å²) in [5.41, 5.74) is 0.403. The van der Waals surface area contributed by atoms with Crippen LogP contribution in [0.5, 0.6) is 0 Å². The van der Waals surface area contributed by atoms with Gasteiger partial charge in [-0.25, -0.2) is 8.42 Å². The van der Waals surface area contributed by atoms with E-state index in [2.05, 4.69) is 5.32 Å². The average molecular weight is 425 g/mol. The molecular formula is C18H14Cl2N2O4S. The summed E-state index contributed by atoms with van der Waals surface area (Å²) >= 11 is 12.1. The fourth-order valence-electron chi connectivity index (χ4n) is 2.72. The lowest BCUT2D eigenvalue weighted by atomic mass is 10.2. The molecule has 2 aromatic rings. The van der Waals surface area contributed by atoms with Crippen LogP contribution in [0.15, 0.2) is 40.3 Å². The fraction of sp³-hybridized carbons (Fsp3) is 0.222. The van der Waals surface area contributed by atoms with E-state index in [0.717, 1.165) is 0 Å². The molecule has 9 heteroatoms. The number of sulfone groups is 1. The number of hydrogen-bond acceptors (Lipinski definition) is 5. The second kappa shape index (κ2) is 7.77. The Labute approximate surface area is 166 Å². The molecule has 0 saturated carbocycles. The number of furan rings is 1. The van der Waals surface area contributed by atoms with Gasteiger partial charge in [-0.05, 0) is 36.8 Å². The van der Waals surface area contributed by atoms with E-state index < -0.39 is 21.8 Å². The van der Waals surface area contributed by atoms with Crippen molar-refractivity contribution < 1.29 is 17.6 Å². The van der Waals surface area contributed by atoms with Crippen molar-refractivity contribution in [1.29, 1.82) is 5.26 Å². The number of benzene rings is 1. The molecule has 3 rings (SSSR count). The van der Waals surface area contributed by atoms with E-state index in [1.807, 2.05) is 0 Å². The predicted octanol–water partition coefficient (Wildman–Crippen LogP) is 3.46. The minimum absolute atomic E-state index is 0.0332.